The van der Waals surface area contributed by atoms with Gasteiger partial charge in [-0.05, 0) is 19.3 Å². The molecule has 0 bridgehead atoms. The topological polar surface area (TPSA) is 47.0 Å². The second-order valence-electron chi connectivity index (χ2n) is 5.45. The molecule has 0 aliphatic rings. The van der Waals surface area contributed by atoms with Gasteiger partial charge in [-0.3, -0.25) is 0 Å². The van der Waals surface area contributed by atoms with Crippen LogP contribution >= 0.6 is 0 Å². The molecule has 0 fully saturated rings. The molecule has 120 valence electrons. The summed E-state index contributed by atoms with van der Waals surface area (Å²) >= 11 is 0. The van der Waals surface area contributed by atoms with Crippen LogP contribution in [0.2, 0.25) is 0 Å². The first-order valence-electron chi connectivity index (χ1n) is 8.53. The molecule has 0 aromatic carbocycles. The minimum absolute atomic E-state index is 0.755. The maximum absolute atomic E-state index is 5.90. The molecule has 0 aliphatic heterocycles. The Morgan fingerprint density at radius 2 is 1.76 bits per heavy atom. The van der Waals surface area contributed by atoms with E-state index in [2.05, 4.69) is 36.1 Å². The molecule has 1 heterocycles. The number of unbranched alkanes of at least 4 members (excludes halogenated alkanes) is 4. The van der Waals surface area contributed by atoms with Gasteiger partial charge < -0.3 is 10.1 Å². The Morgan fingerprint density at radius 1 is 0.952 bits per heavy atom. The van der Waals surface area contributed by atoms with E-state index in [9.17, 15) is 0 Å². The van der Waals surface area contributed by atoms with E-state index < -0.39 is 0 Å². The average Bonchev–Trinajstić information content (AvgIpc) is 2.50. The second kappa shape index (κ2) is 11.4. The highest BCUT2D eigenvalue weighted by Crippen LogP contribution is 2.24. The predicted molar refractivity (Wildman–Crippen MR) is 89.1 cm³/mol. The van der Waals surface area contributed by atoms with Gasteiger partial charge in [0.25, 0.3) is 0 Å². The number of ether oxygens (including phenoxy) is 1. The van der Waals surface area contributed by atoms with E-state index in [-0.39, 0.29) is 0 Å². The Kier molecular flexibility index (Phi) is 9.58. The molecule has 21 heavy (non-hydrogen) atoms. The molecule has 0 saturated heterocycles. The summed E-state index contributed by atoms with van der Waals surface area (Å²) in [4.78, 5) is 8.69. The molecule has 1 rings (SSSR count). The Morgan fingerprint density at radius 3 is 2.48 bits per heavy atom. The minimum Gasteiger partial charge on any atom is -0.477 e. The third kappa shape index (κ3) is 6.78. The molecule has 4 heteroatoms. The number of nitrogens with one attached hydrogen (secondary N) is 1. The van der Waals surface area contributed by atoms with E-state index in [1.807, 2.05) is 0 Å². The summed E-state index contributed by atoms with van der Waals surface area (Å²) in [5.41, 5.74) is 1.13. The summed E-state index contributed by atoms with van der Waals surface area (Å²) in [7, 11) is 0. The van der Waals surface area contributed by atoms with E-state index in [1.54, 1.807) is 6.33 Å². The van der Waals surface area contributed by atoms with Crippen molar-refractivity contribution in [2.75, 3.05) is 18.5 Å². The van der Waals surface area contributed by atoms with Gasteiger partial charge in [0.2, 0.25) is 5.88 Å². The summed E-state index contributed by atoms with van der Waals surface area (Å²) in [6.45, 7) is 8.25. The largest absolute Gasteiger partial charge is 0.477 e. The lowest BCUT2D eigenvalue weighted by Crippen LogP contribution is -2.09. The quantitative estimate of drug-likeness (QED) is 0.572. The molecule has 1 aromatic rings. The van der Waals surface area contributed by atoms with E-state index in [4.69, 9.17) is 4.74 Å². The SMILES string of the molecule is CCCCCCCOc1ncnc(NCCC)c1CCC. The summed E-state index contributed by atoms with van der Waals surface area (Å²) in [6, 6.07) is 0. The van der Waals surface area contributed by atoms with Crippen molar-refractivity contribution in [1.82, 2.24) is 9.97 Å². The lowest BCUT2D eigenvalue weighted by atomic mass is 10.1. The van der Waals surface area contributed by atoms with Crippen LogP contribution in [0.1, 0.15) is 71.3 Å². The fourth-order valence-electron chi connectivity index (χ4n) is 2.27. The van der Waals surface area contributed by atoms with Gasteiger partial charge >= 0.3 is 0 Å². The van der Waals surface area contributed by atoms with Crippen LogP contribution < -0.4 is 10.1 Å². The van der Waals surface area contributed by atoms with E-state index in [0.29, 0.717) is 0 Å². The first-order valence-corrected chi connectivity index (χ1v) is 8.53. The smallest absolute Gasteiger partial charge is 0.221 e. The van der Waals surface area contributed by atoms with Crippen LogP contribution in [0.5, 0.6) is 5.88 Å². The Balaban J connectivity index is 2.54. The maximum Gasteiger partial charge on any atom is 0.221 e. The van der Waals surface area contributed by atoms with Gasteiger partial charge in [0.05, 0.1) is 12.2 Å². The monoisotopic (exact) mass is 293 g/mol. The molecule has 0 amide bonds. The molecule has 0 aliphatic carbocycles. The van der Waals surface area contributed by atoms with Crippen molar-refractivity contribution in [3.8, 4) is 5.88 Å². The average molecular weight is 293 g/mol. The number of rotatable bonds is 12. The third-order valence-electron chi connectivity index (χ3n) is 3.43. The first-order chi connectivity index (χ1) is 10.3. The van der Waals surface area contributed by atoms with Crippen LogP contribution in [0.15, 0.2) is 6.33 Å². The lowest BCUT2D eigenvalue weighted by Gasteiger charge is -2.14. The Hall–Kier alpha value is -1.32. The predicted octanol–water partition coefficient (Wildman–Crippen LogP) is 4.60. The van der Waals surface area contributed by atoms with Crippen molar-refractivity contribution in [2.45, 2.75) is 72.1 Å². The van der Waals surface area contributed by atoms with Crippen LogP contribution in [0.4, 0.5) is 5.82 Å². The van der Waals surface area contributed by atoms with Crippen molar-refractivity contribution in [3.63, 3.8) is 0 Å². The van der Waals surface area contributed by atoms with Gasteiger partial charge in [-0.25, -0.2) is 9.97 Å². The van der Waals surface area contributed by atoms with Crippen LogP contribution in [-0.2, 0) is 6.42 Å². The molecule has 0 spiro atoms. The third-order valence-corrected chi connectivity index (χ3v) is 3.43. The van der Waals surface area contributed by atoms with E-state index in [0.717, 1.165) is 56.1 Å². The standard InChI is InChI=1S/C17H31N3O/c1-4-7-8-9-10-13-21-17-15(11-5-2)16(18-12-6-3)19-14-20-17/h14H,4-13H2,1-3H3,(H,18,19,20). The zero-order chi connectivity index (χ0) is 15.3. The van der Waals surface area contributed by atoms with Crippen molar-refractivity contribution in [3.05, 3.63) is 11.9 Å². The van der Waals surface area contributed by atoms with Gasteiger partial charge in [0, 0.05) is 6.54 Å². The summed E-state index contributed by atoms with van der Waals surface area (Å²) < 4.78 is 5.90. The van der Waals surface area contributed by atoms with Gasteiger partial charge in [0.1, 0.15) is 12.1 Å². The fourth-order valence-corrected chi connectivity index (χ4v) is 2.27. The van der Waals surface area contributed by atoms with Gasteiger partial charge in [-0.2, -0.15) is 0 Å². The molecule has 0 radical (unpaired) electrons. The minimum atomic E-state index is 0.755. The summed E-state index contributed by atoms with van der Waals surface area (Å²) in [5.74, 6) is 1.70. The van der Waals surface area contributed by atoms with E-state index >= 15 is 0 Å². The van der Waals surface area contributed by atoms with Crippen molar-refractivity contribution < 1.29 is 4.74 Å². The number of hydrogen-bond acceptors (Lipinski definition) is 4. The highest BCUT2D eigenvalue weighted by Gasteiger charge is 2.11. The van der Waals surface area contributed by atoms with Crippen molar-refractivity contribution in [1.29, 1.82) is 0 Å². The Labute approximate surface area is 129 Å². The number of anilines is 1. The van der Waals surface area contributed by atoms with Crippen LogP contribution in [0.3, 0.4) is 0 Å². The summed E-state index contributed by atoms with van der Waals surface area (Å²) in [6.07, 6.45) is 11.0. The molecule has 1 aromatic heterocycles. The molecule has 4 nitrogen and oxygen atoms in total. The molecular formula is C17H31N3O. The van der Waals surface area contributed by atoms with Gasteiger partial charge in [-0.15, -0.1) is 0 Å². The van der Waals surface area contributed by atoms with Crippen LogP contribution in [-0.4, -0.2) is 23.1 Å². The second-order valence-corrected chi connectivity index (χ2v) is 5.45. The number of hydrogen-bond donors (Lipinski definition) is 1. The zero-order valence-electron chi connectivity index (χ0n) is 14.0. The van der Waals surface area contributed by atoms with Crippen LogP contribution in [0.25, 0.3) is 0 Å². The maximum atomic E-state index is 5.90. The normalized spacial score (nSPS) is 10.6. The Bertz CT molecular complexity index is 382. The van der Waals surface area contributed by atoms with Crippen molar-refractivity contribution >= 4 is 5.82 Å². The number of nitrogens with zero attached hydrogens (tertiary/aromatic N) is 2. The molecular weight excluding hydrogens is 262 g/mol. The molecule has 0 unspecified atom stereocenters. The first kappa shape index (κ1) is 17.7. The highest BCUT2D eigenvalue weighted by atomic mass is 16.5. The van der Waals surface area contributed by atoms with Crippen molar-refractivity contribution in [2.24, 2.45) is 0 Å². The van der Waals surface area contributed by atoms with Gasteiger partial charge in [-0.1, -0.05) is 52.9 Å². The van der Waals surface area contributed by atoms with Crippen LogP contribution in [0, 0.1) is 0 Å². The zero-order valence-corrected chi connectivity index (χ0v) is 14.0. The molecule has 0 saturated carbocycles. The summed E-state index contributed by atoms with van der Waals surface area (Å²) in [5, 5.41) is 3.38. The highest BCUT2D eigenvalue weighted by molar-refractivity contribution is 5.48. The molecule has 1 N–H and O–H groups in total. The fraction of sp³-hybridized carbons (Fsp3) is 0.765. The number of aromatic nitrogens is 2. The molecule has 0 atom stereocenters. The lowest BCUT2D eigenvalue weighted by molar-refractivity contribution is 0.289. The van der Waals surface area contributed by atoms with Gasteiger partial charge in [0.15, 0.2) is 0 Å². The van der Waals surface area contributed by atoms with E-state index in [1.165, 1.54) is 25.7 Å².